The third-order valence-electron chi connectivity index (χ3n) is 4.56. The third-order valence-corrected chi connectivity index (χ3v) is 4.56. The Morgan fingerprint density at radius 1 is 1.00 bits per heavy atom. The molecule has 2 aromatic carbocycles. The lowest BCUT2D eigenvalue weighted by Crippen LogP contribution is -2.27. The first-order valence-corrected chi connectivity index (χ1v) is 9.68. The molecule has 1 saturated heterocycles. The fourth-order valence-corrected chi connectivity index (χ4v) is 3.13. The van der Waals surface area contributed by atoms with Crippen LogP contribution in [-0.2, 0) is 4.74 Å². The van der Waals surface area contributed by atoms with Gasteiger partial charge in [-0.05, 0) is 56.2 Å². The number of hydrogen-bond donors (Lipinski definition) is 1. The highest BCUT2D eigenvalue weighted by molar-refractivity contribution is 6.05. The van der Waals surface area contributed by atoms with Gasteiger partial charge in [0.15, 0.2) is 0 Å². The van der Waals surface area contributed by atoms with Crippen LogP contribution in [-0.4, -0.2) is 49.6 Å². The minimum absolute atomic E-state index is 0.0123. The predicted octanol–water partition coefficient (Wildman–Crippen LogP) is 3.59. The van der Waals surface area contributed by atoms with Crippen molar-refractivity contribution in [2.45, 2.75) is 19.8 Å². The standard InChI is InChI=1S/C22H26N2O4/c1-2-27-13-14-28-20-10-6-7-17(16-20)21(25)23-19-9-5-8-18(15-19)22(26)24-11-3-4-12-24/h5-10,15-16H,2-4,11-14H2,1H3,(H,23,25). The summed E-state index contributed by atoms with van der Waals surface area (Å²) in [6, 6.07) is 14.1. The number of benzene rings is 2. The van der Waals surface area contributed by atoms with Gasteiger partial charge in [-0.2, -0.15) is 0 Å². The number of carbonyl (C=O) groups excluding carboxylic acids is 2. The van der Waals surface area contributed by atoms with Gasteiger partial charge in [-0.1, -0.05) is 12.1 Å². The summed E-state index contributed by atoms with van der Waals surface area (Å²) in [5.41, 5.74) is 1.68. The molecule has 6 nitrogen and oxygen atoms in total. The molecule has 1 aliphatic rings. The van der Waals surface area contributed by atoms with Crippen LogP contribution in [0.1, 0.15) is 40.5 Å². The minimum Gasteiger partial charge on any atom is -0.491 e. The molecule has 6 heteroatoms. The van der Waals surface area contributed by atoms with E-state index in [9.17, 15) is 9.59 Å². The molecule has 148 valence electrons. The van der Waals surface area contributed by atoms with Crippen LogP contribution in [0, 0.1) is 0 Å². The van der Waals surface area contributed by atoms with Crippen LogP contribution in [0.3, 0.4) is 0 Å². The molecule has 1 aliphatic heterocycles. The van der Waals surface area contributed by atoms with E-state index in [0.29, 0.717) is 42.4 Å². The Labute approximate surface area is 165 Å². The van der Waals surface area contributed by atoms with Gasteiger partial charge in [0.25, 0.3) is 11.8 Å². The summed E-state index contributed by atoms with van der Waals surface area (Å²) in [6.45, 7) is 5.10. The summed E-state index contributed by atoms with van der Waals surface area (Å²) in [5, 5.41) is 2.86. The van der Waals surface area contributed by atoms with Crippen LogP contribution >= 0.6 is 0 Å². The second kappa shape index (κ2) is 9.90. The van der Waals surface area contributed by atoms with Crippen molar-refractivity contribution >= 4 is 17.5 Å². The number of likely N-dealkylation sites (tertiary alicyclic amines) is 1. The zero-order valence-electron chi connectivity index (χ0n) is 16.1. The molecular formula is C22H26N2O4. The molecule has 0 aromatic heterocycles. The summed E-state index contributed by atoms with van der Waals surface area (Å²) < 4.78 is 10.8. The zero-order chi connectivity index (χ0) is 19.8. The highest BCUT2D eigenvalue weighted by atomic mass is 16.5. The van der Waals surface area contributed by atoms with Gasteiger partial charge in [0, 0.05) is 36.5 Å². The van der Waals surface area contributed by atoms with Gasteiger partial charge >= 0.3 is 0 Å². The van der Waals surface area contributed by atoms with Crippen LogP contribution in [0.25, 0.3) is 0 Å². The van der Waals surface area contributed by atoms with Gasteiger partial charge in [0.05, 0.1) is 6.61 Å². The lowest BCUT2D eigenvalue weighted by atomic mass is 10.1. The van der Waals surface area contributed by atoms with Gasteiger partial charge in [-0.15, -0.1) is 0 Å². The largest absolute Gasteiger partial charge is 0.491 e. The van der Waals surface area contributed by atoms with E-state index in [-0.39, 0.29) is 11.8 Å². The molecule has 1 fully saturated rings. The average molecular weight is 382 g/mol. The molecule has 1 heterocycles. The van der Waals surface area contributed by atoms with Gasteiger partial charge < -0.3 is 19.7 Å². The van der Waals surface area contributed by atoms with Crippen molar-refractivity contribution in [2.24, 2.45) is 0 Å². The van der Waals surface area contributed by atoms with Crippen LogP contribution in [0.15, 0.2) is 48.5 Å². The Balaban J connectivity index is 1.63. The number of nitrogens with zero attached hydrogens (tertiary/aromatic N) is 1. The maximum atomic E-state index is 12.6. The zero-order valence-corrected chi connectivity index (χ0v) is 16.1. The number of ether oxygens (including phenoxy) is 2. The van der Waals surface area contributed by atoms with Gasteiger partial charge in [0.2, 0.25) is 0 Å². The topological polar surface area (TPSA) is 67.9 Å². The summed E-state index contributed by atoms with van der Waals surface area (Å²) in [6.07, 6.45) is 2.09. The number of hydrogen-bond acceptors (Lipinski definition) is 4. The maximum absolute atomic E-state index is 12.6. The molecule has 0 bridgehead atoms. The van der Waals surface area contributed by atoms with Crippen molar-refractivity contribution in [1.82, 2.24) is 4.90 Å². The number of amides is 2. The number of carbonyl (C=O) groups is 2. The molecule has 0 aliphatic carbocycles. The second-order valence-corrected chi connectivity index (χ2v) is 6.61. The van der Waals surface area contributed by atoms with Crippen LogP contribution in [0.5, 0.6) is 5.75 Å². The van der Waals surface area contributed by atoms with E-state index in [4.69, 9.17) is 9.47 Å². The number of nitrogens with one attached hydrogen (secondary N) is 1. The summed E-state index contributed by atoms with van der Waals surface area (Å²) in [7, 11) is 0. The van der Waals surface area contributed by atoms with E-state index in [1.807, 2.05) is 11.8 Å². The monoisotopic (exact) mass is 382 g/mol. The van der Waals surface area contributed by atoms with Crippen molar-refractivity contribution in [3.8, 4) is 5.75 Å². The lowest BCUT2D eigenvalue weighted by molar-refractivity contribution is 0.0792. The molecular weight excluding hydrogens is 356 g/mol. The van der Waals surface area contributed by atoms with E-state index < -0.39 is 0 Å². The molecule has 0 unspecified atom stereocenters. The Hall–Kier alpha value is -2.86. The SMILES string of the molecule is CCOCCOc1cccc(C(=O)Nc2cccc(C(=O)N3CCCC3)c2)c1. The lowest BCUT2D eigenvalue weighted by Gasteiger charge is -2.16. The predicted molar refractivity (Wildman–Crippen MR) is 108 cm³/mol. The molecule has 0 atom stereocenters. The van der Waals surface area contributed by atoms with E-state index in [0.717, 1.165) is 25.9 Å². The summed E-state index contributed by atoms with van der Waals surface area (Å²) in [5.74, 6) is 0.379. The molecule has 3 rings (SSSR count). The highest BCUT2D eigenvalue weighted by Crippen LogP contribution is 2.18. The van der Waals surface area contributed by atoms with E-state index in [1.54, 1.807) is 48.5 Å². The first-order chi connectivity index (χ1) is 13.7. The van der Waals surface area contributed by atoms with E-state index in [1.165, 1.54) is 0 Å². The molecule has 2 amide bonds. The Kier molecular flexibility index (Phi) is 7.03. The van der Waals surface area contributed by atoms with Crippen LogP contribution in [0.4, 0.5) is 5.69 Å². The first kappa shape index (κ1) is 19.9. The second-order valence-electron chi connectivity index (χ2n) is 6.61. The molecule has 2 aromatic rings. The highest BCUT2D eigenvalue weighted by Gasteiger charge is 2.19. The normalized spacial score (nSPS) is 13.4. The van der Waals surface area contributed by atoms with Crippen molar-refractivity contribution < 1.29 is 19.1 Å². The quantitative estimate of drug-likeness (QED) is 0.709. The fourth-order valence-electron chi connectivity index (χ4n) is 3.13. The maximum Gasteiger partial charge on any atom is 0.255 e. The van der Waals surface area contributed by atoms with Gasteiger partial charge in [-0.25, -0.2) is 0 Å². The van der Waals surface area contributed by atoms with Crippen molar-refractivity contribution in [3.63, 3.8) is 0 Å². The van der Waals surface area contributed by atoms with Crippen LogP contribution < -0.4 is 10.1 Å². The summed E-state index contributed by atoms with van der Waals surface area (Å²) in [4.78, 5) is 27.0. The Bertz CT molecular complexity index is 816. The average Bonchev–Trinajstić information content (AvgIpc) is 3.26. The molecule has 0 radical (unpaired) electrons. The molecule has 28 heavy (non-hydrogen) atoms. The Morgan fingerprint density at radius 2 is 1.75 bits per heavy atom. The van der Waals surface area contributed by atoms with Crippen molar-refractivity contribution in [3.05, 3.63) is 59.7 Å². The molecule has 1 N–H and O–H groups in total. The fraction of sp³-hybridized carbons (Fsp3) is 0.364. The minimum atomic E-state index is -0.249. The van der Waals surface area contributed by atoms with E-state index in [2.05, 4.69) is 5.32 Å². The van der Waals surface area contributed by atoms with Gasteiger partial charge in [0.1, 0.15) is 12.4 Å². The van der Waals surface area contributed by atoms with Crippen LogP contribution in [0.2, 0.25) is 0 Å². The first-order valence-electron chi connectivity index (χ1n) is 9.68. The third kappa shape index (κ3) is 5.33. The van der Waals surface area contributed by atoms with Crippen molar-refractivity contribution in [2.75, 3.05) is 38.2 Å². The van der Waals surface area contributed by atoms with Gasteiger partial charge in [-0.3, -0.25) is 9.59 Å². The smallest absolute Gasteiger partial charge is 0.255 e. The Morgan fingerprint density at radius 3 is 2.54 bits per heavy atom. The molecule has 0 spiro atoms. The molecule has 0 saturated carbocycles. The van der Waals surface area contributed by atoms with Crippen molar-refractivity contribution in [1.29, 1.82) is 0 Å². The number of rotatable bonds is 8. The number of anilines is 1. The summed E-state index contributed by atoms with van der Waals surface area (Å²) >= 11 is 0. The van der Waals surface area contributed by atoms with E-state index >= 15 is 0 Å².